The van der Waals surface area contributed by atoms with Crippen molar-refractivity contribution in [1.82, 2.24) is 10.6 Å². The van der Waals surface area contributed by atoms with Gasteiger partial charge in [0, 0.05) is 13.2 Å². The molecule has 20 heavy (non-hydrogen) atoms. The van der Waals surface area contributed by atoms with Crippen molar-refractivity contribution in [2.45, 2.75) is 32.7 Å². The first-order valence-electron chi connectivity index (χ1n) is 7.36. The second-order valence-corrected chi connectivity index (χ2v) is 5.66. The molecule has 0 aliphatic heterocycles. The summed E-state index contributed by atoms with van der Waals surface area (Å²) in [7, 11) is 0. The summed E-state index contributed by atoms with van der Waals surface area (Å²) in [4.78, 5) is 11.8. The van der Waals surface area contributed by atoms with Gasteiger partial charge >= 0.3 is 6.03 Å². The third-order valence-electron chi connectivity index (χ3n) is 3.42. The second kappa shape index (κ2) is 7.29. The first-order valence-corrected chi connectivity index (χ1v) is 7.36. The normalized spacial score (nSPS) is 17.1. The number of amides is 2. The van der Waals surface area contributed by atoms with Crippen LogP contribution in [0.2, 0.25) is 0 Å². The second-order valence-electron chi connectivity index (χ2n) is 5.66. The zero-order valence-corrected chi connectivity index (χ0v) is 12.3. The summed E-state index contributed by atoms with van der Waals surface area (Å²) in [6, 6.07) is 8.33. The Morgan fingerprint density at radius 1 is 1.40 bits per heavy atom. The minimum absolute atomic E-state index is 0.111. The number of hydrogen-bond acceptors (Lipinski definition) is 2. The molecule has 1 atom stereocenters. The lowest BCUT2D eigenvalue weighted by Crippen LogP contribution is -2.39. The van der Waals surface area contributed by atoms with Crippen LogP contribution in [0.5, 0.6) is 0 Å². The van der Waals surface area contributed by atoms with Crippen LogP contribution in [0.25, 0.3) is 0 Å². The number of nitrogens with one attached hydrogen (secondary N) is 2. The van der Waals surface area contributed by atoms with Crippen LogP contribution in [0, 0.1) is 5.92 Å². The average molecular weight is 276 g/mol. The van der Waals surface area contributed by atoms with Gasteiger partial charge in [0.25, 0.3) is 0 Å². The molecule has 0 fully saturated rings. The number of carbonyl (C=O) groups is 1. The standard InChI is InChI=1S/C16H24N2O2/c1-12(2)11-20-10-9-17-16(19)18-15-8-7-13-5-3-4-6-14(13)15/h3-6,12,15H,7-11H2,1-2H3,(H2,17,18,19). The van der Waals surface area contributed by atoms with Crippen molar-refractivity contribution in [2.75, 3.05) is 19.8 Å². The molecule has 1 aliphatic rings. The van der Waals surface area contributed by atoms with E-state index in [-0.39, 0.29) is 12.1 Å². The van der Waals surface area contributed by atoms with Gasteiger partial charge in [-0.25, -0.2) is 4.79 Å². The SMILES string of the molecule is CC(C)COCCNC(=O)NC1CCc2ccccc21. The zero-order chi connectivity index (χ0) is 14.4. The van der Waals surface area contributed by atoms with Crippen molar-refractivity contribution < 1.29 is 9.53 Å². The number of benzene rings is 1. The molecule has 0 heterocycles. The fourth-order valence-electron chi connectivity index (χ4n) is 2.47. The monoisotopic (exact) mass is 276 g/mol. The lowest BCUT2D eigenvalue weighted by Gasteiger charge is -2.15. The van der Waals surface area contributed by atoms with Gasteiger partial charge < -0.3 is 15.4 Å². The third-order valence-corrected chi connectivity index (χ3v) is 3.42. The smallest absolute Gasteiger partial charge is 0.315 e. The van der Waals surface area contributed by atoms with Gasteiger partial charge in [0.1, 0.15) is 0 Å². The van der Waals surface area contributed by atoms with Crippen LogP contribution in [0.1, 0.15) is 37.4 Å². The number of fused-ring (bicyclic) bond motifs is 1. The molecule has 1 unspecified atom stereocenters. The summed E-state index contributed by atoms with van der Waals surface area (Å²) in [6.45, 7) is 6.06. The molecule has 0 spiro atoms. The Morgan fingerprint density at radius 2 is 2.20 bits per heavy atom. The number of urea groups is 1. The molecule has 110 valence electrons. The van der Waals surface area contributed by atoms with E-state index in [2.05, 4.69) is 36.6 Å². The van der Waals surface area contributed by atoms with E-state index in [4.69, 9.17) is 4.74 Å². The highest BCUT2D eigenvalue weighted by Gasteiger charge is 2.22. The lowest BCUT2D eigenvalue weighted by molar-refractivity contribution is 0.112. The Morgan fingerprint density at radius 3 is 3.00 bits per heavy atom. The molecule has 1 aromatic carbocycles. The van der Waals surface area contributed by atoms with Crippen molar-refractivity contribution in [3.8, 4) is 0 Å². The van der Waals surface area contributed by atoms with Crippen molar-refractivity contribution in [3.63, 3.8) is 0 Å². The molecule has 4 heteroatoms. The van der Waals surface area contributed by atoms with Crippen LogP contribution in [-0.4, -0.2) is 25.8 Å². The summed E-state index contributed by atoms with van der Waals surface area (Å²) < 4.78 is 5.43. The van der Waals surface area contributed by atoms with Gasteiger partial charge in [0.05, 0.1) is 12.6 Å². The predicted molar refractivity (Wildman–Crippen MR) is 79.7 cm³/mol. The Bertz CT molecular complexity index is 446. The summed E-state index contributed by atoms with van der Waals surface area (Å²) in [6.07, 6.45) is 2.02. The maximum atomic E-state index is 11.8. The number of hydrogen-bond donors (Lipinski definition) is 2. The van der Waals surface area contributed by atoms with Crippen LogP contribution in [0.3, 0.4) is 0 Å². The van der Waals surface area contributed by atoms with Crippen LogP contribution >= 0.6 is 0 Å². The molecule has 1 aliphatic carbocycles. The van der Waals surface area contributed by atoms with Gasteiger partial charge in [-0.1, -0.05) is 38.1 Å². The van der Waals surface area contributed by atoms with Crippen molar-refractivity contribution in [2.24, 2.45) is 5.92 Å². The molecule has 1 aromatic rings. The molecular formula is C16H24N2O2. The molecule has 0 aromatic heterocycles. The summed E-state index contributed by atoms with van der Waals surface area (Å²) >= 11 is 0. The maximum Gasteiger partial charge on any atom is 0.315 e. The summed E-state index contributed by atoms with van der Waals surface area (Å²) in [5.41, 5.74) is 2.59. The first kappa shape index (κ1) is 14.9. The molecule has 0 radical (unpaired) electrons. The van der Waals surface area contributed by atoms with E-state index in [1.165, 1.54) is 11.1 Å². The lowest BCUT2D eigenvalue weighted by atomic mass is 10.1. The number of rotatable bonds is 6. The topological polar surface area (TPSA) is 50.4 Å². The molecule has 2 N–H and O–H groups in total. The third kappa shape index (κ3) is 4.23. The molecule has 0 bridgehead atoms. The Hall–Kier alpha value is -1.55. The van der Waals surface area contributed by atoms with Gasteiger partial charge in [-0.15, -0.1) is 0 Å². The van der Waals surface area contributed by atoms with Gasteiger partial charge in [-0.2, -0.15) is 0 Å². The van der Waals surface area contributed by atoms with Crippen LogP contribution < -0.4 is 10.6 Å². The largest absolute Gasteiger partial charge is 0.379 e. The molecule has 4 nitrogen and oxygen atoms in total. The highest BCUT2D eigenvalue weighted by molar-refractivity contribution is 5.74. The molecule has 2 rings (SSSR count). The van der Waals surface area contributed by atoms with E-state index in [9.17, 15) is 4.79 Å². The van der Waals surface area contributed by atoms with E-state index in [0.717, 1.165) is 19.4 Å². The van der Waals surface area contributed by atoms with Gasteiger partial charge in [0.15, 0.2) is 0 Å². The highest BCUT2D eigenvalue weighted by atomic mass is 16.5. The van der Waals surface area contributed by atoms with Crippen LogP contribution in [0.4, 0.5) is 4.79 Å². The van der Waals surface area contributed by atoms with E-state index >= 15 is 0 Å². The first-order chi connectivity index (χ1) is 9.66. The van der Waals surface area contributed by atoms with E-state index in [1.807, 2.05) is 12.1 Å². The van der Waals surface area contributed by atoms with Gasteiger partial charge in [-0.3, -0.25) is 0 Å². The van der Waals surface area contributed by atoms with Crippen molar-refractivity contribution >= 4 is 6.03 Å². The fourth-order valence-corrected chi connectivity index (χ4v) is 2.47. The minimum Gasteiger partial charge on any atom is -0.379 e. The van der Waals surface area contributed by atoms with Gasteiger partial charge in [-0.05, 0) is 29.9 Å². The molecule has 0 saturated heterocycles. The van der Waals surface area contributed by atoms with E-state index < -0.39 is 0 Å². The minimum atomic E-state index is -0.111. The van der Waals surface area contributed by atoms with Crippen LogP contribution in [0.15, 0.2) is 24.3 Å². The Labute approximate surface area is 120 Å². The molecular weight excluding hydrogens is 252 g/mol. The summed E-state index contributed by atoms with van der Waals surface area (Å²) in [5.74, 6) is 0.527. The maximum absolute atomic E-state index is 11.8. The number of ether oxygens (including phenoxy) is 1. The fraction of sp³-hybridized carbons (Fsp3) is 0.562. The number of carbonyl (C=O) groups excluding carboxylic acids is 1. The molecule has 2 amide bonds. The van der Waals surface area contributed by atoms with Crippen molar-refractivity contribution in [1.29, 1.82) is 0 Å². The Kier molecular flexibility index (Phi) is 5.41. The van der Waals surface area contributed by atoms with Gasteiger partial charge in [0.2, 0.25) is 0 Å². The Balaban J connectivity index is 1.68. The quantitative estimate of drug-likeness (QED) is 0.785. The van der Waals surface area contributed by atoms with Crippen LogP contribution in [-0.2, 0) is 11.2 Å². The van der Waals surface area contributed by atoms with E-state index in [1.54, 1.807) is 0 Å². The molecule has 0 saturated carbocycles. The average Bonchev–Trinajstić information content (AvgIpc) is 2.81. The highest BCUT2D eigenvalue weighted by Crippen LogP contribution is 2.30. The number of aryl methyl sites for hydroxylation is 1. The van der Waals surface area contributed by atoms with E-state index in [0.29, 0.717) is 19.1 Å². The zero-order valence-electron chi connectivity index (χ0n) is 12.3. The summed E-state index contributed by atoms with van der Waals surface area (Å²) in [5, 5.41) is 5.87. The van der Waals surface area contributed by atoms with Crippen molar-refractivity contribution in [3.05, 3.63) is 35.4 Å². The predicted octanol–water partition coefficient (Wildman–Crippen LogP) is 2.65.